The van der Waals surface area contributed by atoms with E-state index in [-0.39, 0.29) is 0 Å². The van der Waals surface area contributed by atoms with E-state index in [9.17, 15) is 0 Å². The Hall–Kier alpha value is -1.36. The Kier molecular flexibility index (Phi) is 3.34. The maximum absolute atomic E-state index is 5.30. The Morgan fingerprint density at radius 2 is 2.53 bits per heavy atom. The Balaban J connectivity index is 1.97. The normalized spacial score (nSPS) is 20.2. The molecule has 1 aromatic heterocycles. The highest BCUT2D eigenvalue weighted by Gasteiger charge is 2.14. The predicted octanol–water partition coefficient (Wildman–Crippen LogP) is 0.649. The van der Waals surface area contributed by atoms with Crippen LogP contribution < -0.4 is 15.4 Å². The number of anilines is 1. The van der Waals surface area contributed by atoms with Gasteiger partial charge in [0.15, 0.2) is 0 Å². The van der Waals surface area contributed by atoms with E-state index in [2.05, 4.69) is 20.6 Å². The summed E-state index contributed by atoms with van der Waals surface area (Å²) in [5.41, 5.74) is 0. The highest BCUT2D eigenvalue weighted by atomic mass is 16.5. The number of hydrogen-bond donors (Lipinski definition) is 2. The largest absolute Gasteiger partial charge is 0.478 e. The molecule has 1 atom stereocenters. The van der Waals surface area contributed by atoms with E-state index >= 15 is 0 Å². The molecule has 0 amide bonds. The highest BCUT2D eigenvalue weighted by Crippen LogP contribution is 2.13. The van der Waals surface area contributed by atoms with E-state index < -0.39 is 0 Å². The van der Waals surface area contributed by atoms with E-state index in [0.717, 1.165) is 25.3 Å². The molecule has 2 N–H and O–H groups in total. The summed E-state index contributed by atoms with van der Waals surface area (Å²) >= 11 is 0. The molecular weight excluding hydrogens is 192 g/mol. The van der Waals surface area contributed by atoms with Gasteiger partial charge >= 0.3 is 0 Å². The number of ether oxygens (including phenoxy) is 1. The van der Waals surface area contributed by atoms with Crippen molar-refractivity contribution in [2.45, 2.75) is 19.4 Å². The molecule has 0 bridgehead atoms. The van der Waals surface area contributed by atoms with Crippen molar-refractivity contribution in [1.82, 2.24) is 15.3 Å². The molecule has 0 aromatic carbocycles. The molecule has 0 radical (unpaired) electrons. The van der Waals surface area contributed by atoms with Crippen molar-refractivity contribution >= 4 is 5.82 Å². The second-order valence-electron chi connectivity index (χ2n) is 3.51. The summed E-state index contributed by atoms with van der Waals surface area (Å²) in [5.74, 6) is 1.46. The topological polar surface area (TPSA) is 59.1 Å². The van der Waals surface area contributed by atoms with Gasteiger partial charge in [-0.2, -0.15) is 0 Å². The molecule has 5 nitrogen and oxygen atoms in total. The minimum absolute atomic E-state index is 0.467. The second kappa shape index (κ2) is 4.93. The number of aromatic nitrogens is 2. The zero-order chi connectivity index (χ0) is 10.5. The van der Waals surface area contributed by atoms with Crippen LogP contribution in [0.2, 0.25) is 0 Å². The van der Waals surface area contributed by atoms with Crippen LogP contribution in [0.25, 0.3) is 0 Å². The fourth-order valence-corrected chi connectivity index (χ4v) is 1.63. The van der Waals surface area contributed by atoms with Crippen LogP contribution in [0.15, 0.2) is 12.4 Å². The van der Waals surface area contributed by atoms with Crippen molar-refractivity contribution in [2.75, 3.05) is 25.0 Å². The third kappa shape index (κ3) is 2.79. The number of hydrogen-bond acceptors (Lipinski definition) is 5. The first-order valence-corrected chi connectivity index (χ1v) is 5.30. The Bertz CT molecular complexity index is 312. The summed E-state index contributed by atoms with van der Waals surface area (Å²) in [5, 5.41) is 6.64. The summed E-state index contributed by atoms with van der Waals surface area (Å²) in [7, 11) is 0. The molecule has 1 fully saturated rings. The van der Waals surface area contributed by atoms with Crippen LogP contribution in [0.4, 0.5) is 5.82 Å². The summed E-state index contributed by atoms with van der Waals surface area (Å²) in [6.45, 7) is 4.63. The highest BCUT2D eigenvalue weighted by molar-refractivity contribution is 5.38. The molecule has 1 unspecified atom stereocenters. The fraction of sp³-hybridized carbons (Fsp3) is 0.600. The van der Waals surface area contributed by atoms with Gasteiger partial charge in [-0.05, 0) is 19.9 Å². The zero-order valence-electron chi connectivity index (χ0n) is 8.86. The fourth-order valence-electron chi connectivity index (χ4n) is 1.63. The first-order valence-electron chi connectivity index (χ1n) is 5.30. The van der Waals surface area contributed by atoms with E-state index in [1.54, 1.807) is 0 Å². The maximum atomic E-state index is 5.30. The van der Waals surface area contributed by atoms with Gasteiger partial charge in [0.2, 0.25) is 5.88 Å². The van der Waals surface area contributed by atoms with Gasteiger partial charge < -0.3 is 15.4 Å². The quantitative estimate of drug-likeness (QED) is 0.760. The molecular formula is C10H16N4O. The third-order valence-electron chi connectivity index (χ3n) is 2.35. The van der Waals surface area contributed by atoms with Crippen LogP contribution in [0.3, 0.4) is 0 Å². The summed E-state index contributed by atoms with van der Waals surface area (Å²) < 4.78 is 5.30. The molecule has 2 heterocycles. The molecule has 2 rings (SSSR count). The Morgan fingerprint density at radius 1 is 1.60 bits per heavy atom. The number of rotatable bonds is 4. The average molecular weight is 208 g/mol. The minimum atomic E-state index is 0.467. The van der Waals surface area contributed by atoms with Crippen molar-refractivity contribution in [3.05, 3.63) is 12.4 Å². The zero-order valence-corrected chi connectivity index (χ0v) is 8.86. The van der Waals surface area contributed by atoms with Gasteiger partial charge in [0.05, 0.1) is 6.61 Å². The molecule has 1 saturated heterocycles. The van der Waals surface area contributed by atoms with E-state index in [0.29, 0.717) is 18.5 Å². The number of nitrogens with zero attached hydrogens (tertiary/aromatic N) is 2. The smallest absolute Gasteiger partial charge is 0.218 e. The van der Waals surface area contributed by atoms with Crippen LogP contribution in [0, 0.1) is 0 Å². The lowest BCUT2D eigenvalue weighted by Gasteiger charge is -2.12. The molecule has 1 aliphatic rings. The summed E-state index contributed by atoms with van der Waals surface area (Å²) in [4.78, 5) is 8.17. The molecule has 0 spiro atoms. The molecule has 5 heteroatoms. The third-order valence-corrected chi connectivity index (χ3v) is 2.35. The van der Waals surface area contributed by atoms with Gasteiger partial charge in [-0.1, -0.05) is 0 Å². The number of nitrogens with one attached hydrogen (secondary N) is 2. The van der Waals surface area contributed by atoms with Crippen molar-refractivity contribution in [3.63, 3.8) is 0 Å². The van der Waals surface area contributed by atoms with E-state index in [1.165, 1.54) is 6.33 Å². The van der Waals surface area contributed by atoms with Crippen LogP contribution in [-0.4, -0.2) is 35.7 Å². The molecule has 1 aromatic rings. The minimum Gasteiger partial charge on any atom is -0.478 e. The first-order chi connectivity index (χ1) is 7.38. The SMILES string of the molecule is CCOc1cc(NC2CCNC2)ncn1. The van der Waals surface area contributed by atoms with Crippen molar-refractivity contribution in [1.29, 1.82) is 0 Å². The van der Waals surface area contributed by atoms with Crippen molar-refractivity contribution < 1.29 is 4.74 Å². The molecule has 0 aliphatic carbocycles. The van der Waals surface area contributed by atoms with Gasteiger partial charge in [0, 0.05) is 18.7 Å². The Morgan fingerprint density at radius 3 is 3.27 bits per heavy atom. The van der Waals surface area contributed by atoms with Crippen LogP contribution in [0.1, 0.15) is 13.3 Å². The van der Waals surface area contributed by atoms with Crippen molar-refractivity contribution in [3.8, 4) is 5.88 Å². The lowest BCUT2D eigenvalue weighted by atomic mass is 10.2. The van der Waals surface area contributed by atoms with Crippen LogP contribution in [-0.2, 0) is 0 Å². The van der Waals surface area contributed by atoms with Gasteiger partial charge in [-0.15, -0.1) is 0 Å². The summed E-state index contributed by atoms with van der Waals surface area (Å²) in [6.07, 6.45) is 2.66. The lowest BCUT2D eigenvalue weighted by molar-refractivity contribution is 0.326. The maximum Gasteiger partial charge on any atom is 0.218 e. The standard InChI is InChI=1S/C10H16N4O/c1-2-15-10-5-9(12-7-13-10)14-8-3-4-11-6-8/h5,7-8,11H,2-4,6H2,1H3,(H,12,13,14). The van der Waals surface area contributed by atoms with Gasteiger partial charge in [0.1, 0.15) is 12.1 Å². The summed E-state index contributed by atoms with van der Waals surface area (Å²) in [6, 6.07) is 2.30. The first kappa shape index (κ1) is 10.2. The van der Waals surface area contributed by atoms with Gasteiger partial charge in [-0.25, -0.2) is 9.97 Å². The van der Waals surface area contributed by atoms with Gasteiger partial charge in [-0.3, -0.25) is 0 Å². The molecule has 0 saturated carbocycles. The van der Waals surface area contributed by atoms with Crippen LogP contribution >= 0.6 is 0 Å². The van der Waals surface area contributed by atoms with Crippen molar-refractivity contribution in [2.24, 2.45) is 0 Å². The average Bonchev–Trinajstić information content (AvgIpc) is 2.71. The van der Waals surface area contributed by atoms with Gasteiger partial charge in [0.25, 0.3) is 0 Å². The molecule has 82 valence electrons. The van der Waals surface area contributed by atoms with Crippen LogP contribution in [0.5, 0.6) is 5.88 Å². The second-order valence-corrected chi connectivity index (χ2v) is 3.51. The predicted molar refractivity (Wildman–Crippen MR) is 58.1 cm³/mol. The van der Waals surface area contributed by atoms with E-state index in [4.69, 9.17) is 4.74 Å². The monoisotopic (exact) mass is 208 g/mol. The van der Waals surface area contributed by atoms with E-state index in [1.807, 2.05) is 13.0 Å². The Labute approximate surface area is 89.3 Å². The molecule has 1 aliphatic heterocycles. The lowest BCUT2D eigenvalue weighted by Crippen LogP contribution is -2.22. The molecule has 15 heavy (non-hydrogen) atoms.